The molecule has 1 aliphatic rings. The van der Waals surface area contributed by atoms with Crippen LogP contribution in [0, 0.1) is 0 Å². The van der Waals surface area contributed by atoms with E-state index < -0.39 is 0 Å². The van der Waals surface area contributed by atoms with Gasteiger partial charge < -0.3 is 30.3 Å². The van der Waals surface area contributed by atoms with Crippen molar-refractivity contribution >= 4 is 45.0 Å². The number of piperazine rings is 1. The van der Waals surface area contributed by atoms with Crippen LogP contribution in [-0.4, -0.2) is 61.3 Å². The van der Waals surface area contributed by atoms with Crippen molar-refractivity contribution < 1.29 is 14.3 Å². The SMILES string of the molecule is COc1ccc(NC(=O)N2CCN(c3nc(N)nc4scc(-c5ccc(OC)cc5)c34)CC2)cc1. The minimum Gasteiger partial charge on any atom is -0.497 e. The minimum atomic E-state index is -0.128. The average Bonchev–Trinajstić information content (AvgIpc) is 3.32. The van der Waals surface area contributed by atoms with Crippen LogP contribution in [0.2, 0.25) is 0 Å². The Labute approximate surface area is 207 Å². The first-order chi connectivity index (χ1) is 17.1. The number of benzene rings is 2. The number of amides is 2. The molecule has 0 saturated carbocycles. The summed E-state index contributed by atoms with van der Waals surface area (Å²) in [6.45, 7) is 2.41. The van der Waals surface area contributed by atoms with Crippen molar-refractivity contribution in [2.75, 3.05) is 56.3 Å². The maximum atomic E-state index is 12.8. The van der Waals surface area contributed by atoms with Crippen LogP contribution in [0.1, 0.15) is 0 Å². The number of fused-ring (bicyclic) bond motifs is 1. The quantitative estimate of drug-likeness (QED) is 0.429. The number of aromatic nitrogens is 2. The van der Waals surface area contributed by atoms with Gasteiger partial charge in [0.15, 0.2) is 0 Å². The molecule has 10 heteroatoms. The number of nitrogens with zero attached hydrogens (tertiary/aromatic N) is 4. The molecule has 1 fully saturated rings. The Morgan fingerprint density at radius 3 is 2.20 bits per heavy atom. The van der Waals surface area contributed by atoms with Gasteiger partial charge in [-0.1, -0.05) is 12.1 Å². The number of anilines is 3. The maximum Gasteiger partial charge on any atom is 0.321 e. The summed E-state index contributed by atoms with van der Waals surface area (Å²) in [5.74, 6) is 2.60. The highest BCUT2D eigenvalue weighted by atomic mass is 32.1. The van der Waals surface area contributed by atoms with Crippen molar-refractivity contribution in [2.24, 2.45) is 0 Å². The fourth-order valence-electron chi connectivity index (χ4n) is 4.15. The summed E-state index contributed by atoms with van der Waals surface area (Å²) >= 11 is 1.55. The molecule has 0 bridgehead atoms. The third-order valence-electron chi connectivity index (χ3n) is 6.04. The summed E-state index contributed by atoms with van der Waals surface area (Å²) in [5.41, 5.74) is 8.90. The zero-order valence-electron chi connectivity index (χ0n) is 19.5. The zero-order chi connectivity index (χ0) is 24.4. The molecule has 0 atom stereocenters. The number of carbonyl (C=O) groups excluding carboxylic acids is 1. The summed E-state index contributed by atoms with van der Waals surface area (Å²) in [6.07, 6.45) is 0. The van der Waals surface area contributed by atoms with Crippen molar-refractivity contribution in [2.45, 2.75) is 0 Å². The molecule has 0 aliphatic carbocycles. The van der Waals surface area contributed by atoms with E-state index in [1.807, 2.05) is 48.5 Å². The third-order valence-corrected chi connectivity index (χ3v) is 6.91. The normalized spacial score (nSPS) is 13.7. The Morgan fingerprint density at radius 1 is 0.943 bits per heavy atom. The molecule has 3 heterocycles. The van der Waals surface area contributed by atoms with Crippen LogP contribution in [0.3, 0.4) is 0 Å². The Morgan fingerprint density at radius 2 is 1.57 bits per heavy atom. The van der Waals surface area contributed by atoms with Crippen LogP contribution < -0.4 is 25.4 Å². The van der Waals surface area contributed by atoms with Gasteiger partial charge in [0.05, 0.1) is 19.6 Å². The lowest BCUT2D eigenvalue weighted by Gasteiger charge is -2.35. The van der Waals surface area contributed by atoms with Gasteiger partial charge >= 0.3 is 6.03 Å². The van der Waals surface area contributed by atoms with Gasteiger partial charge in [0.1, 0.15) is 22.1 Å². The van der Waals surface area contributed by atoms with E-state index in [1.165, 1.54) is 0 Å². The van der Waals surface area contributed by atoms with Gasteiger partial charge in [0, 0.05) is 42.8 Å². The van der Waals surface area contributed by atoms with Gasteiger partial charge in [-0.25, -0.2) is 9.78 Å². The highest BCUT2D eigenvalue weighted by molar-refractivity contribution is 7.17. The topological polar surface area (TPSA) is 106 Å². The van der Waals surface area contributed by atoms with Crippen LogP contribution in [0.4, 0.5) is 22.2 Å². The van der Waals surface area contributed by atoms with E-state index in [0.717, 1.165) is 44.3 Å². The van der Waals surface area contributed by atoms with Crippen molar-refractivity contribution in [3.8, 4) is 22.6 Å². The highest BCUT2D eigenvalue weighted by Gasteiger charge is 2.25. The zero-order valence-corrected chi connectivity index (χ0v) is 20.3. The first kappa shape index (κ1) is 22.7. The average molecular weight is 491 g/mol. The number of nitrogen functional groups attached to an aromatic ring is 1. The van der Waals surface area contributed by atoms with Gasteiger partial charge in [0.25, 0.3) is 0 Å². The van der Waals surface area contributed by atoms with Crippen molar-refractivity contribution in [1.82, 2.24) is 14.9 Å². The molecule has 2 amide bonds. The number of hydrogen-bond acceptors (Lipinski definition) is 8. The van der Waals surface area contributed by atoms with Crippen LogP contribution in [0.5, 0.6) is 11.5 Å². The highest BCUT2D eigenvalue weighted by Crippen LogP contribution is 2.39. The number of hydrogen-bond donors (Lipinski definition) is 2. The fraction of sp³-hybridized carbons (Fsp3) is 0.240. The van der Waals surface area contributed by atoms with Crippen molar-refractivity contribution in [3.05, 3.63) is 53.9 Å². The molecule has 4 aromatic rings. The van der Waals surface area contributed by atoms with Crippen molar-refractivity contribution in [1.29, 1.82) is 0 Å². The lowest BCUT2D eigenvalue weighted by molar-refractivity contribution is 0.208. The second-order valence-electron chi connectivity index (χ2n) is 8.10. The molecule has 0 spiro atoms. The number of methoxy groups -OCH3 is 2. The molecule has 3 N–H and O–H groups in total. The van der Waals surface area contributed by atoms with Crippen molar-refractivity contribution in [3.63, 3.8) is 0 Å². The second kappa shape index (κ2) is 9.67. The summed E-state index contributed by atoms with van der Waals surface area (Å²) < 4.78 is 10.5. The minimum absolute atomic E-state index is 0.128. The molecule has 180 valence electrons. The number of carbonyl (C=O) groups is 1. The summed E-state index contributed by atoms with van der Waals surface area (Å²) in [4.78, 5) is 26.7. The molecule has 5 rings (SSSR count). The molecule has 0 unspecified atom stereocenters. The van der Waals surface area contributed by atoms with E-state index in [9.17, 15) is 4.79 Å². The number of rotatable bonds is 5. The molecule has 2 aromatic carbocycles. The molecule has 0 radical (unpaired) electrons. The van der Waals surface area contributed by atoms with E-state index in [0.29, 0.717) is 26.2 Å². The Bertz CT molecular complexity index is 1330. The standard InChI is InChI=1S/C25H26N6O3S/c1-33-18-7-3-16(4-8-18)20-15-35-23-21(20)22(28-24(26)29-23)30-11-13-31(14-12-30)25(32)27-17-5-9-19(34-2)10-6-17/h3-10,15H,11-14H2,1-2H3,(H,27,32)(H2,26,28,29). The Hall–Kier alpha value is -4.05. The molecular weight excluding hydrogens is 464 g/mol. The number of urea groups is 1. The monoisotopic (exact) mass is 490 g/mol. The predicted molar refractivity (Wildman–Crippen MR) is 140 cm³/mol. The number of nitrogens with one attached hydrogen (secondary N) is 1. The van der Waals surface area contributed by atoms with Gasteiger partial charge in [0.2, 0.25) is 5.95 Å². The van der Waals surface area contributed by atoms with Crippen LogP contribution >= 0.6 is 11.3 Å². The summed E-state index contributed by atoms with van der Waals surface area (Å²) in [6, 6.07) is 15.1. The fourth-order valence-corrected chi connectivity index (χ4v) is 5.10. The number of ether oxygens (including phenoxy) is 2. The first-order valence-electron chi connectivity index (χ1n) is 11.2. The van der Waals surface area contributed by atoms with E-state index in [-0.39, 0.29) is 12.0 Å². The van der Waals surface area contributed by atoms with Gasteiger partial charge in [-0.15, -0.1) is 11.3 Å². The van der Waals surface area contributed by atoms with E-state index in [2.05, 4.69) is 25.6 Å². The van der Waals surface area contributed by atoms with Crippen LogP contribution in [-0.2, 0) is 0 Å². The third kappa shape index (κ3) is 4.65. The molecule has 2 aromatic heterocycles. The predicted octanol–water partition coefficient (Wildman–Crippen LogP) is 4.31. The van der Waals surface area contributed by atoms with E-state index >= 15 is 0 Å². The van der Waals surface area contributed by atoms with Crippen LogP contribution in [0.15, 0.2) is 53.9 Å². The largest absolute Gasteiger partial charge is 0.497 e. The van der Waals surface area contributed by atoms with Crippen LogP contribution in [0.25, 0.3) is 21.3 Å². The summed E-state index contributed by atoms with van der Waals surface area (Å²) in [7, 11) is 3.27. The number of thiophene rings is 1. The molecule has 1 saturated heterocycles. The Kier molecular flexibility index (Phi) is 6.28. The number of nitrogens with two attached hydrogens (primary N) is 1. The molecular formula is C25H26N6O3S. The van der Waals surface area contributed by atoms with Gasteiger partial charge in [-0.3, -0.25) is 0 Å². The van der Waals surface area contributed by atoms with Gasteiger partial charge in [-0.2, -0.15) is 4.98 Å². The molecule has 9 nitrogen and oxygen atoms in total. The molecule has 1 aliphatic heterocycles. The van der Waals surface area contributed by atoms with E-state index in [4.69, 9.17) is 15.2 Å². The summed E-state index contributed by atoms with van der Waals surface area (Å²) in [5, 5.41) is 6.01. The maximum absolute atomic E-state index is 12.8. The second-order valence-corrected chi connectivity index (χ2v) is 8.95. The molecule has 35 heavy (non-hydrogen) atoms. The van der Waals surface area contributed by atoms with Gasteiger partial charge in [-0.05, 0) is 42.0 Å². The lowest BCUT2D eigenvalue weighted by atomic mass is 10.1. The first-order valence-corrected chi connectivity index (χ1v) is 12.1. The van der Waals surface area contributed by atoms with E-state index in [1.54, 1.807) is 30.5 Å². The smallest absolute Gasteiger partial charge is 0.321 e. The Balaban J connectivity index is 1.34. The lowest BCUT2D eigenvalue weighted by Crippen LogP contribution is -2.50.